The summed E-state index contributed by atoms with van der Waals surface area (Å²) in [5.74, 6) is -0.756. The molecule has 7 nitrogen and oxygen atoms in total. The zero-order valence-corrected chi connectivity index (χ0v) is 15.0. The van der Waals surface area contributed by atoms with E-state index in [1.165, 1.54) is 0 Å². The molecule has 2 fully saturated rings. The summed E-state index contributed by atoms with van der Waals surface area (Å²) in [6.07, 6.45) is 0.662. The topological polar surface area (TPSA) is 95.7 Å². The van der Waals surface area contributed by atoms with Gasteiger partial charge in [-0.2, -0.15) is 0 Å². The fraction of sp³-hybridized carbons (Fsp3) is 0.526. The molecule has 0 aromatic heterocycles. The first-order valence-electron chi connectivity index (χ1n) is 9.08. The third-order valence-electron chi connectivity index (χ3n) is 5.78. The van der Waals surface area contributed by atoms with Crippen LogP contribution in [0.3, 0.4) is 0 Å². The van der Waals surface area contributed by atoms with Gasteiger partial charge in [0.25, 0.3) is 5.91 Å². The van der Waals surface area contributed by atoms with Crippen LogP contribution in [-0.4, -0.2) is 53.2 Å². The van der Waals surface area contributed by atoms with Crippen LogP contribution in [0, 0.1) is 5.41 Å². The van der Waals surface area contributed by atoms with E-state index in [1.54, 1.807) is 4.90 Å². The van der Waals surface area contributed by atoms with E-state index in [-0.39, 0.29) is 29.6 Å². The van der Waals surface area contributed by atoms with Crippen molar-refractivity contribution < 1.29 is 14.4 Å². The van der Waals surface area contributed by atoms with Gasteiger partial charge in [0, 0.05) is 50.1 Å². The number of piperidine rings is 1. The first-order chi connectivity index (χ1) is 12.4. The molecule has 0 aliphatic carbocycles. The Morgan fingerprint density at radius 3 is 2.73 bits per heavy atom. The molecular weight excluding hydrogens is 332 g/mol. The summed E-state index contributed by atoms with van der Waals surface area (Å²) in [6.45, 7) is 6.00. The second kappa shape index (κ2) is 6.17. The van der Waals surface area contributed by atoms with E-state index < -0.39 is 6.04 Å². The zero-order valence-electron chi connectivity index (χ0n) is 15.0. The molecule has 3 aliphatic rings. The summed E-state index contributed by atoms with van der Waals surface area (Å²) in [5.41, 5.74) is 8.81. The van der Waals surface area contributed by atoms with Gasteiger partial charge in [-0.3, -0.25) is 24.6 Å². The zero-order chi connectivity index (χ0) is 18.5. The van der Waals surface area contributed by atoms with E-state index in [0.717, 1.165) is 30.8 Å². The third-order valence-corrected chi connectivity index (χ3v) is 5.78. The Labute approximate surface area is 152 Å². The highest BCUT2D eigenvalue weighted by Gasteiger charge is 2.41. The molecule has 0 spiro atoms. The highest BCUT2D eigenvalue weighted by molar-refractivity contribution is 6.05. The largest absolute Gasteiger partial charge is 0.330 e. The summed E-state index contributed by atoms with van der Waals surface area (Å²) in [6, 6.07) is 5.22. The van der Waals surface area contributed by atoms with E-state index >= 15 is 0 Å². The Morgan fingerprint density at radius 2 is 2.04 bits per heavy atom. The molecule has 1 unspecified atom stereocenters. The third kappa shape index (κ3) is 2.81. The van der Waals surface area contributed by atoms with E-state index in [1.807, 2.05) is 12.1 Å². The van der Waals surface area contributed by atoms with Crippen LogP contribution in [0.1, 0.15) is 41.3 Å². The number of rotatable bonds is 4. The molecule has 3 amide bonds. The average molecular weight is 356 g/mol. The van der Waals surface area contributed by atoms with Crippen molar-refractivity contribution in [2.24, 2.45) is 11.1 Å². The van der Waals surface area contributed by atoms with Gasteiger partial charge in [0.15, 0.2) is 0 Å². The predicted molar refractivity (Wildman–Crippen MR) is 94.9 cm³/mol. The minimum absolute atomic E-state index is 0.119. The molecule has 7 heteroatoms. The number of amides is 3. The molecule has 0 bridgehead atoms. The van der Waals surface area contributed by atoms with Gasteiger partial charge in [-0.25, -0.2) is 0 Å². The lowest BCUT2D eigenvalue weighted by atomic mass is 9.81. The van der Waals surface area contributed by atoms with E-state index in [0.29, 0.717) is 25.1 Å². The quantitative estimate of drug-likeness (QED) is 0.753. The van der Waals surface area contributed by atoms with Gasteiger partial charge >= 0.3 is 0 Å². The molecule has 3 aliphatic heterocycles. The number of carbonyl (C=O) groups is 3. The molecule has 1 aromatic carbocycles. The second-order valence-corrected chi connectivity index (χ2v) is 8.00. The minimum atomic E-state index is -0.565. The molecule has 26 heavy (non-hydrogen) atoms. The van der Waals surface area contributed by atoms with Gasteiger partial charge in [-0.15, -0.1) is 0 Å². The standard InChI is InChI=1S/C19H24N4O3/c1-19(9-20)10-22(11-19)7-12-3-2-4-13-14(12)8-23(18(13)26)15-5-6-16(24)21-17(15)25/h2-4,15H,5-11,20H2,1H3,(H,21,24,25). The van der Waals surface area contributed by atoms with Crippen molar-refractivity contribution in [2.45, 2.75) is 38.9 Å². The minimum Gasteiger partial charge on any atom is -0.330 e. The van der Waals surface area contributed by atoms with Gasteiger partial charge < -0.3 is 10.6 Å². The maximum atomic E-state index is 12.8. The highest BCUT2D eigenvalue weighted by atomic mass is 16.2. The van der Waals surface area contributed by atoms with Gasteiger partial charge in [-0.05, 0) is 23.6 Å². The number of benzene rings is 1. The Bertz CT molecular complexity index is 785. The van der Waals surface area contributed by atoms with E-state index in [9.17, 15) is 14.4 Å². The number of nitrogens with one attached hydrogen (secondary N) is 1. The first-order valence-corrected chi connectivity index (χ1v) is 9.08. The maximum Gasteiger partial charge on any atom is 0.255 e. The number of nitrogens with two attached hydrogens (primary N) is 1. The number of nitrogens with zero attached hydrogens (tertiary/aromatic N) is 2. The van der Waals surface area contributed by atoms with Crippen LogP contribution >= 0.6 is 0 Å². The van der Waals surface area contributed by atoms with Gasteiger partial charge in [0.2, 0.25) is 11.8 Å². The summed E-state index contributed by atoms with van der Waals surface area (Å²) < 4.78 is 0. The number of carbonyl (C=O) groups excluding carboxylic acids is 3. The smallest absolute Gasteiger partial charge is 0.255 e. The molecule has 0 saturated carbocycles. The van der Waals surface area contributed by atoms with Crippen molar-refractivity contribution in [2.75, 3.05) is 19.6 Å². The number of hydrogen-bond acceptors (Lipinski definition) is 5. The van der Waals surface area contributed by atoms with Crippen LogP contribution in [0.5, 0.6) is 0 Å². The highest BCUT2D eigenvalue weighted by Crippen LogP contribution is 2.34. The monoisotopic (exact) mass is 356 g/mol. The molecular formula is C19H24N4O3. The summed E-state index contributed by atoms with van der Waals surface area (Å²) in [7, 11) is 0. The van der Waals surface area contributed by atoms with Crippen molar-refractivity contribution >= 4 is 17.7 Å². The van der Waals surface area contributed by atoms with Crippen molar-refractivity contribution in [3.8, 4) is 0 Å². The van der Waals surface area contributed by atoms with Gasteiger partial charge in [0.05, 0.1) is 0 Å². The fourth-order valence-electron chi connectivity index (χ4n) is 4.31. The van der Waals surface area contributed by atoms with Crippen molar-refractivity contribution in [1.29, 1.82) is 0 Å². The molecule has 1 atom stereocenters. The van der Waals surface area contributed by atoms with Crippen molar-refractivity contribution in [3.63, 3.8) is 0 Å². The van der Waals surface area contributed by atoms with Crippen molar-refractivity contribution in [1.82, 2.24) is 15.1 Å². The summed E-state index contributed by atoms with van der Waals surface area (Å²) in [4.78, 5) is 40.3. The maximum absolute atomic E-state index is 12.8. The summed E-state index contributed by atoms with van der Waals surface area (Å²) in [5, 5.41) is 2.34. The lowest BCUT2D eigenvalue weighted by Crippen LogP contribution is -2.57. The fourth-order valence-corrected chi connectivity index (χ4v) is 4.31. The second-order valence-electron chi connectivity index (χ2n) is 8.00. The lowest BCUT2D eigenvalue weighted by molar-refractivity contribution is -0.136. The average Bonchev–Trinajstić information content (AvgIpc) is 2.91. The normalized spacial score (nSPS) is 25.1. The van der Waals surface area contributed by atoms with Crippen LogP contribution in [0.4, 0.5) is 0 Å². The van der Waals surface area contributed by atoms with Crippen molar-refractivity contribution in [3.05, 3.63) is 34.9 Å². The summed E-state index contributed by atoms with van der Waals surface area (Å²) >= 11 is 0. The van der Waals surface area contributed by atoms with E-state index in [2.05, 4.69) is 23.2 Å². The molecule has 3 N–H and O–H groups in total. The van der Waals surface area contributed by atoms with Gasteiger partial charge in [-0.1, -0.05) is 19.1 Å². The van der Waals surface area contributed by atoms with Crippen LogP contribution in [0.15, 0.2) is 18.2 Å². The van der Waals surface area contributed by atoms with E-state index in [4.69, 9.17) is 5.73 Å². The molecule has 1 aromatic rings. The number of hydrogen-bond donors (Lipinski definition) is 2. The van der Waals surface area contributed by atoms with Crippen LogP contribution < -0.4 is 11.1 Å². The molecule has 2 saturated heterocycles. The predicted octanol–water partition coefficient (Wildman–Crippen LogP) is 0.228. The number of imide groups is 1. The molecule has 0 radical (unpaired) electrons. The van der Waals surface area contributed by atoms with Crippen LogP contribution in [0.2, 0.25) is 0 Å². The number of fused-ring (bicyclic) bond motifs is 1. The SMILES string of the molecule is CC1(CN)CN(Cc2cccc3c2CN(C2CCC(=O)NC2=O)C3=O)C1. The van der Waals surface area contributed by atoms with Gasteiger partial charge in [0.1, 0.15) is 6.04 Å². The molecule has 4 rings (SSSR count). The Balaban J connectivity index is 1.51. The first kappa shape index (κ1) is 17.2. The Kier molecular flexibility index (Phi) is 4.08. The molecule has 138 valence electrons. The Hall–Kier alpha value is -2.25. The lowest BCUT2D eigenvalue weighted by Gasteiger charge is -2.47. The Morgan fingerprint density at radius 1 is 1.27 bits per heavy atom. The number of likely N-dealkylation sites (tertiary alicyclic amines) is 1. The van der Waals surface area contributed by atoms with Crippen LogP contribution in [-0.2, 0) is 22.7 Å². The molecule has 3 heterocycles. The van der Waals surface area contributed by atoms with Crippen LogP contribution in [0.25, 0.3) is 0 Å².